The molecule has 0 saturated carbocycles. The molecular formula is C16H22N2O3. The number of nitrogens with one attached hydrogen (secondary N) is 1. The lowest BCUT2D eigenvalue weighted by molar-refractivity contribution is -0.148. The van der Waals surface area contributed by atoms with E-state index in [1.807, 2.05) is 32.0 Å². The minimum atomic E-state index is -1.50. The molecule has 1 aliphatic heterocycles. The van der Waals surface area contributed by atoms with Crippen LogP contribution in [0.4, 0.5) is 5.69 Å². The highest BCUT2D eigenvalue weighted by atomic mass is 16.5. The highest BCUT2D eigenvalue weighted by Gasteiger charge is 2.50. The van der Waals surface area contributed by atoms with E-state index in [4.69, 9.17) is 4.74 Å². The topological polar surface area (TPSA) is 58.6 Å². The smallest absolute Gasteiger partial charge is 0.280 e. The number of nitrogens with zero attached hydrogens (tertiary/aromatic N) is 1. The van der Waals surface area contributed by atoms with Gasteiger partial charge in [0.05, 0.1) is 5.69 Å². The fraction of sp³-hybridized carbons (Fsp3) is 0.500. The van der Waals surface area contributed by atoms with Crippen LogP contribution in [0.1, 0.15) is 33.6 Å². The first kappa shape index (κ1) is 15.4. The molecule has 1 unspecified atom stereocenters. The number of amides is 2. The SMILES string of the molecule is CCCCNC(=O)C1(C)Oc2ccccc2N(CC)C1=O. The number of unbranched alkanes of at least 4 members (excludes halogenated alkanes) is 1. The van der Waals surface area contributed by atoms with Crippen molar-refractivity contribution in [2.24, 2.45) is 0 Å². The number of rotatable bonds is 5. The molecule has 1 aromatic rings. The van der Waals surface area contributed by atoms with Gasteiger partial charge in [-0.05, 0) is 32.4 Å². The van der Waals surface area contributed by atoms with E-state index in [1.54, 1.807) is 11.0 Å². The van der Waals surface area contributed by atoms with Crippen LogP contribution in [0.15, 0.2) is 24.3 Å². The molecule has 1 heterocycles. The van der Waals surface area contributed by atoms with Crippen molar-refractivity contribution in [3.8, 4) is 5.75 Å². The Bertz CT molecular complexity index is 544. The molecule has 0 fully saturated rings. The minimum Gasteiger partial charge on any atom is -0.466 e. The molecule has 1 aromatic carbocycles. The lowest BCUT2D eigenvalue weighted by Gasteiger charge is -2.39. The molecule has 0 spiro atoms. The Morgan fingerprint density at radius 1 is 1.33 bits per heavy atom. The predicted octanol–water partition coefficient (Wildman–Crippen LogP) is 2.11. The highest BCUT2D eigenvalue weighted by molar-refractivity contribution is 6.16. The number of benzene rings is 1. The molecule has 0 aliphatic carbocycles. The van der Waals surface area contributed by atoms with Gasteiger partial charge in [0.25, 0.3) is 17.4 Å². The Morgan fingerprint density at radius 3 is 2.71 bits per heavy atom. The van der Waals surface area contributed by atoms with Gasteiger partial charge in [-0.15, -0.1) is 0 Å². The number of para-hydroxylation sites is 2. The van der Waals surface area contributed by atoms with Crippen molar-refractivity contribution in [1.82, 2.24) is 5.32 Å². The molecule has 0 aromatic heterocycles. The third-order valence-electron chi connectivity index (χ3n) is 3.69. The highest BCUT2D eigenvalue weighted by Crippen LogP contribution is 2.37. The number of anilines is 1. The van der Waals surface area contributed by atoms with E-state index in [1.165, 1.54) is 6.92 Å². The third kappa shape index (κ3) is 2.73. The summed E-state index contributed by atoms with van der Waals surface area (Å²) < 4.78 is 5.75. The van der Waals surface area contributed by atoms with Crippen LogP contribution in [0.5, 0.6) is 5.75 Å². The molecule has 2 amide bonds. The van der Waals surface area contributed by atoms with Gasteiger partial charge >= 0.3 is 0 Å². The molecule has 21 heavy (non-hydrogen) atoms. The second-order valence-electron chi connectivity index (χ2n) is 5.26. The summed E-state index contributed by atoms with van der Waals surface area (Å²) >= 11 is 0. The first-order valence-corrected chi connectivity index (χ1v) is 7.43. The zero-order valence-electron chi connectivity index (χ0n) is 12.8. The summed E-state index contributed by atoms with van der Waals surface area (Å²) in [5.41, 5.74) is -0.790. The first-order chi connectivity index (χ1) is 10.0. The van der Waals surface area contributed by atoms with Crippen molar-refractivity contribution in [1.29, 1.82) is 0 Å². The molecule has 0 bridgehead atoms. The van der Waals surface area contributed by atoms with E-state index < -0.39 is 5.60 Å². The van der Waals surface area contributed by atoms with E-state index in [9.17, 15) is 9.59 Å². The van der Waals surface area contributed by atoms with Crippen molar-refractivity contribution >= 4 is 17.5 Å². The Morgan fingerprint density at radius 2 is 2.05 bits per heavy atom. The lowest BCUT2D eigenvalue weighted by Crippen LogP contribution is -2.62. The fourth-order valence-corrected chi connectivity index (χ4v) is 2.40. The minimum absolute atomic E-state index is 0.322. The van der Waals surface area contributed by atoms with Gasteiger partial charge < -0.3 is 15.0 Å². The van der Waals surface area contributed by atoms with Crippen LogP contribution in [0.2, 0.25) is 0 Å². The molecule has 1 N–H and O–H groups in total. The van der Waals surface area contributed by atoms with Crippen molar-refractivity contribution in [3.63, 3.8) is 0 Å². The number of fused-ring (bicyclic) bond motifs is 1. The monoisotopic (exact) mass is 290 g/mol. The summed E-state index contributed by atoms with van der Waals surface area (Å²) in [6.07, 6.45) is 1.86. The maximum absolute atomic E-state index is 12.7. The van der Waals surface area contributed by atoms with Gasteiger partial charge in [-0.2, -0.15) is 0 Å². The third-order valence-corrected chi connectivity index (χ3v) is 3.69. The lowest BCUT2D eigenvalue weighted by atomic mass is 10.00. The van der Waals surface area contributed by atoms with Crippen LogP contribution in [0, 0.1) is 0 Å². The normalized spacial score (nSPS) is 20.7. The van der Waals surface area contributed by atoms with E-state index in [2.05, 4.69) is 5.32 Å². The number of likely N-dealkylation sites (N-methyl/N-ethyl adjacent to an activating group) is 1. The Hall–Kier alpha value is -2.04. The Labute approximate surface area is 125 Å². The number of hydrogen-bond donors (Lipinski definition) is 1. The summed E-state index contributed by atoms with van der Waals surface area (Å²) in [5, 5.41) is 2.79. The molecule has 5 heteroatoms. The molecular weight excluding hydrogens is 268 g/mol. The summed E-state index contributed by atoms with van der Waals surface area (Å²) in [4.78, 5) is 26.6. The van der Waals surface area contributed by atoms with E-state index >= 15 is 0 Å². The first-order valence-electron chi connectivity index (χ1n) is 7.43. The van der Waals surface area contributed by atoms with E-state index in [0.29, 0.717) is 24.5 Å². The van der Waals surface area contributed by atoms with Gasteiger partial charge in [-0.1, -0.05) is 25.5 Å². The Balaban J connectivity index is 2.29. The predicted molar refractivity (Wildman–Crippen MR) is 81.4 cm³/mol. The van der Waals surface area contributed by atoms with E-state index in [-0.39, 0.29) is 11.8 Å². The molecule has 1 atom stereocenters. The average Bonchev–Trinajstić information content (AvgIpc) is 2.48. The molecule has 2 rings (SSSR count). The second kappa shape index (κ2) is 6.16. The van der Waals surface area contributed by atoms with Gasteiger partial charge in [0, 0.05) is 13.1 Å². The van der Waals surface area contributed by atoms with Crippen molar-refractivity contribution in [3.05, 3.63) is 24.3 Å². The zero-order chi connectivity index (χ0) is 15.5. The van der Waals surface area contributed by atoms with Crippen molar-refractivity contribution in [2.45, 2.75) is 39.2 Å². The average molecular weight is 290 g/mol. The van der Waals surface area contributed by atoms with Crippen LogP contribution in [-0.4, -0.2) is 30.5 Å². The number of hydrogen-bond acceptors (Lipinski definition) is 3. The molecule has 114 valence electrons. The van der Waals surface area contributed by atoms with Crippen LogP contribution >= 0.6 is 0 Å². The number of carbonyl (C=O) groups excluding carboxylic acids is 2. The Kier molecular flexibility index (Phi) is 4.50. The zero-order valence-corrected chi connectivity index (χ0v) is 12.8. The van der Waals surface area contributed by atoms with Crippen molar-refractivity contribution in [2.75, 3.05) is 18.0 Å². The largest absolute Gasteiger partial charge is 0.466 e. The van der Waals surface area contributed by atoms with Crippen LogP contribution in [-0.2, 0) is 9.59 Å². The molecule has 0 saturated heterocycles. The van der Waals surface area contributed by atoms with Crippen LogP contribution in [0.3, 0.4) is 0 Å². The maximum Gasteiger partial charge on any atom is 0.280 e. The van der Waals surface area contributed by atoms with Crippen molar-refractivity contribution < 1.29 is 14.3 Å². The number of ether oxygens (including phenoxy) is 1. The molecule has 0 radical (unpaired) electrons. The summed E-state index contributed by atoms with van der Waals surface area (Å²) in [7, 11) is 0. The van der Waals surface area contributed by atoms with Gasteiger partial charge in [0.15, 0.2) is 0 Å². The standard InChI is InChI=1S/C16H22N2O3/c1-4-6-11-17-14(19)16(3)15(20)18(5-2)12-9-7-8-10-13(12)21-16/h7-10H,4-6,11H2,1-3H3,(H,17,19). The van der Waals surface area contributed by atoms with Gasteiger partial charge in [-0.3, -0.25) is 9.59 Å². The number of carbonyl (C=O) groups is 2. The molecule has 1 aliphatic rings. The summed E-state index contributed by atoms with van der Waals surface area (Å²) in [5.74, 6) is -0.140. The van der Waals surface area contributed by atoms with Gasteiger partial charge in [0.1, 0.15) is 5.75 Å². The summed E-state index contributed by atoms with van der Waals surface area (Å²) in [6, 6.07) is 7.29. The summed E-state index contributed by atoms with van der Waals surface area (Å²) in [6.45, 7) is 6.52. The quantitative estimate of drug-likeness (QED) is 0.667. The second-order valence-corrected chi connectivity index (χ2v) is 5.26. The van der Waals surface area contributed by atoms with Gasteiger partial charge in [-0.25, -0.2) is 0 Å². The van der Waals surface area contributed by atoms with Crippen LogP contribution in [0.25, 0.3) is 0 Å². The van der Waals surface area contributed by atoms with E-state index in [0.717, 1.165) is 12.8 Å². The maximum atomic E-state index is 12.7. The van der Waals surface area contributed by atoms with Gasteiger partial charge in [0.2, 0.25) is 0 Å². The fourth-order valence-electron chi connectivity index (χ4n) is 2.40. The molecule has 5 nitrogen and oxygen atoms in total. The van der Waals surface area contributed by atoms with Crippen LogP contribution < -0.4 is 15.0 Å².